The van der Waals surface area contributed by atoms with E-state index in [1.807, 2.05) is 45.0 Å². The van der Waals surface area contributed by atoms with Crippen LogP contribution in [0.3, 0.4) is 0 Å². The molecule has 8 heteroatoms. The normalized spacial score (nSPS) is 23.6. The summed E-state index contributed by atoms with van der Waals surface area (Å²) in [6.07, 6.45) is 0.566. The van der Waals surface area contributed by atoms with Crippen LogP contribution in [0.4, 0.5) is 10.1 Å². The molecule has 2 heterocycles. The third kappa shape index (κ3) is 4.24. The highest BCUT2D eigenvalue weighted by atomic mass is 32.2. The maximum absolute atomic E-state index is 13.8. The van der Waals surface area contributed by atoms with Gasteiger partial charge in [-0.05, 0) is 63.4 Å². The van der Waals surface area contributed by atoms with Crippen molar-refractivity contribution in [1.29, 1.82) is 0 Å². The zero-order valence-corrected chi connectivity index (χ0v) is 19.2. The second kappa shape index (κ2) is 7.69. The van der Waals surface area contributed by atoms with Gasteiger partial charge in [-0.25, -0.2) is 12.8 Å². The fraction of sp³-hybridized carbons (Fsp3) is 0.435. The molecule has 0 bridgehead atoms. The second-order valence-corrected chi connectivity index (χ2v) is 11.3. The largest absolute Gasteiger partial charge is 0.342 e. The first-order valence-electron chi connectivity index (χ1n) is 10.5. The molecule has 2 N–H and O–H groups in total. The quantitative estimate of drug-likeness (QED) is 0.741. The van der Waals surface area contributed by atoms with Gasteiger partial charge in [0.15, 0.2) is 0 Å². The molecule has 0 amide bonds. The standard InChI is InChI=1S/C23H29FN4O2S/c1-16-9-10-18(24)13-20(16)31(29,30)28-12-11-23(15-28)21(27-22(2,3)4)26-19-8-6-5-7-17(19)14-25-23/h5-10,13,25H,11-12,14-15H2,1-4H3,(H,26,27). The molecule has 31 heavy (non-hydrogen) atoms. The molecule has 6 nitrogen and oxygen atoms in total. The van der Waals surface area contributed by atoms with Gasteiger partial charge in [-0.3, -0.25) is 10.3 Å². The molecule has 166 valence electrons. The number of aliphatic imine (C=N–C) groups is 1. The van der Waals surface area contributed by atoms with Crippen LogP contribution in [0.1, 0.15) is 38.3 Å². The van der Waals surface area contributed by atoms with Crippen LogP contribution in [0.5, 0.6) is 0 Å². The van der Waals surface area contributed by atoms with Gasteiger partial charge < -0.3 is 5.32 Å². The smallest absolute Gasteiger partial charge is 0.243 e. The molecule has 2 aliphatic rings. The van der Waals surface area contributed by atoms with Crippen LogP contribution in [-0.4, -0.2) is 42.7 Å². The molecule has 1 atom stereocenters. The summed E-state index contributed by atoms with van der Waals surface area (Å²) in [5, 5.41) is 7.08. The number of para-hydroxylation sites is 1. The molecule has 2 aromatic rings. The summed E-state index contributed by atoms with van der Waals surface area (Å²) in [7, 11) is -3.84. The number of hydrogen-bond donors (Lipinski definition) is 2. The first kappa shape index (κ1) is 21.9. The van der Waals surface area contributed by atoms with Crippen molar-refractivity contribution in [2.24, 2.45) is 4.99 Å². The van der Waals surface area contributed by atoms with Crippen molar-refractivity contribution in [3.8, 4) is 0 Å². The molecule has 2 aromatic carbocycles. The van der Waals surface area contributed by atoms with E-state index in [1.54, 1.807) is 6.92 Å². The molecular weight excluding hydrogens is 415 g/mol. The van der Waals surface area contributed by atoms with Crippen molar-refractivity contribution < 1.29 is 12.8 Å². The van der Waals surface area contributed by atoms with E-state index < -0.39 is 21.4 Å². The van der Waals surface area contributed by atoms with Gasteiger partial charge in [0.25, 0.3) is 0 Å². The SMILES string of the molecule is Cc1ccc(F)cc1S(=O)(=O)N1CCC2(C1)NCc1ccccc1NC2=NC(C)(C)C. The number of nitrogens with zero attached hydrogens (tertiary/aromatic N) is 2. The van der Waals surface area contributed by atoms with Crippen LogP contribution in [0.2, 0.25) is 0 Å². The van der Waals surface area contributed by atoms with Crippen molar-refractivity contribution in [1.82, 2.24) is 9.62 Å². The van der Waals surface area contributed by atoms with E-state index in [4.69, 9.17) is 4.99 Å². The highest BCUT2D eigenvalue weighted by Gasteiger charge is 2.48. The monoisotopic (exact) mass is 444 g/mol. The summed E-state index contributed by atoms with van der Waals surface area (Å²) < 4.78 is 42.1. The molecule has 1 fully saturated rings. The van der Waals surface area contributed by atoms with Crippen molar-refractivity contribution in [2.75, 3.05) is 18.4 Å². The van der Waals surface area contributed by atoms with Crippen LogP contribution in [0.15, 0.2) is 52.4 Å². The number of benzene rings is 2. The lowest BCUT2D eigenvalue weighted by Gasteiger charge is -2.32. The molecular formula is C23H29FN4O2S. The Morgan fingerprint density at radius 2 is 1.90 bits per heavy atom. The third-order valence-electron chi connectivity index (χ3n) is 5.79. The Hall–Kier alpha value is -2.29. The van der Waals surface area contributed by atoms with Gasteiger partial charge in [-0.1, -0.05) is 24.3 Å². The zero-order valence-electron chi connectivity index (χ0n) is 18.4. The highest BCUT2D eigenvalue weighted by Crippen LogP contribution is 2.34. The van der Waals surface area contributed by atoms with E-state index in [0.717, 1.165) is 23.2 Å². The number of amidine groups is 1. The van der Waals surface area contributed by atoms with Crippen molar-refractivity contribution in [3.05, 3.63) is 59.4 Å². The predicted octanol–water partition coefficient (Wildman–Crippen LogP) is 3.68. The Morgan fingerprint density at radius 3 is 2.65 bits per heavy atom. The number of nitrogens with one attached hydrogen (secondary N) is 2. The molecule has 4 rings (SSSR count). The fourth-order valence-electron chi connectivity index (χ4n) is 4.17. The number of halogens is 1. The van der Waals surface area contributed by atoms with Gasteiger partial charge in [-0.15, -0.1) is 0 Å². The van der Waals surface area contributed by atoms with Crippen molar-refractivity contribution in [2.45, 2.75) is 56.6 Å². The Balaban J connectivity index is 1.73. The Kier molecular flexibility index (Phi) is 5.44. The fourth-order valence-corrected chi connectivity index (χ4v) is 5.91. The van der Waals surface area contributed by atoms with Crippen LogP contribution in [0, 0.1) is 12.7 Å². The van der Waals surface area contributed by atoms with E-state index in [0.29, 0.717) is 25.1 Å². The van der Waals surface area contributed by atoms with Gasteiger partial charge in [0, 0.05) is 25.3 Å². The first-order valence-corrected chi connectivity index (χ1v) is 11.9. The summed E-state index contributed by atoms with van der Waals surface area (Å²) in [5.74, 6) is 0.177. The summed E-state index contributed by atoms with van der Waals surface area (Å²) in [5.41, 5.74) is 1.60. The number of anilines is 1. The van der Waals surface area contributed by atoms with Gasteiger partial charge in [-0.2, -0.15) is 4.31 Å². The molecule has 0 radical (unpaired) electrons. The minimum atomic E-state index is -3.84. The lowest BCUT2D eigenvalue weighted by molar-refractivity contribution is 0.416. The Labute approximate surface area is 183 Å². The van der Waals surface area contributed by atoms with Crippen LogP contribution in [0.25, 0.3) is 0 Å². The molecule has 1 spiro atoms. The van der Waals surface area contributed by atoms with E-state index in [9.17, 15) is 12.8 Å². The van der Waals surface area contributed by atoms with Crippen molar-refractivity contribution in [3.63, 3.8) is 0 Å². The predicted molar refractivity (Wildman–Crippen MR) is 121 cm³/mol. The van der Waals surface area contributed by atoms with Crippen LogP contribution >= 0.6 is 0 Å². The first-order chi connectivity index (χ1) is 14.5. The zero-order chi connectivity index (χ0) is 22.4. The van der Waals surface area contributed by atoms with Crippen LogP contribution in [-0.2, 0) is 16.6 Å². The molecule has 0 aliphatic carbocycles. The van der Waals surface area contributed by atoms with E-state index >= 15 is 0 Å². The Bertz CT molecular complexity index is 1140. The lowest BCUT2D eigenvalue weighted by atomic mass is 9.95. The van der Waals surface area contributed by atoms with E-state index in [2.05, 4.69) is 10.6 Å². The second-order valence-electron chi connectivity index (χ2n) is 9.35. The maximum Gasteiger partial charge on any atom is 0.243 e. The van der Waals surface area contributed by atoms with Gasteiger partial charge in [0.05, 0.1) is 16.0 Å². The molecule has 1 saturated heterocycles. The molecule has 0 aromatic heterocycles. The summed E-state index contributed by atoms with van der Waals surface area (Å²) in [6.45, 7) is 8.89. The number of hydrogen-bond acceptors (Lipinski definition) is 4. The molecule has 0 saturated carbocycles. The average Bonchev–Trinajstić information content (AvgIpc) is 3.08. The number of sulfonamides is 1. The summed E-state index contributed by atoms with van der Waals surface area (Å²) >= 11 is 0. The molecule has 1 unspecified atom stereocenters. The number of aryl methyl sites for hydroxylation is 1. The maximum atomic E-state index is 13.8. The molecule has 2 aliphatic heterocycles. The van der Waals surface area contributed by atoms with Gasteiger partial charge in [0.2, 0.25) is 10.0 Å². The third-order valence-corrected chi connectivity index (χ3v) is 7.78. The highest BCUT2D eigenvalue weighted by molar-refractivity contribution is 7.89. The van der Waals surface area contributed by atoms with Crippen LogP contribution < -0.4 is 10.6 Å². The lowest BCUT2D eigenvalue weighted by Crippen LogP contribution is -2.56. The van der Waals surface area contributed by atoms with Crippen molar-refractivity contribution >= 4 is 21.5 Å². The van der Waals surface area contributed by atoms with E-state index in [1.165, 1.54) is 16.4 Å². The minimum Gasteiger partial charge on any atom is -0.342 e. The van der Waals surface area contributed by atoms with Gasteiger partial charge >= 0.3 is 0 Å². The number of fused-ring (bicyclic) bond motifs is 1. The average molecular weight is 445 g/mol. The summed E-state index contributed by atoms with van der Waals surface area (Å²) in [6, 6.07) is 11.9. The number of rotatable bonds is 2. The topological polar surface area (TPSA) is 73.8 Å². The Morgan fingerprint density at radius 1 is 1.16 bits per heavy atom. The van der Waals surface area contributed by atoms with Gasteiger partial charge in [0.1, 0.15) is 11.7 Å². The minimum absolute atomic E-state index is 0.0173. The van der Waals surface area contributed by atoms with E-state index in [-0.39, 0.29) is 17.0 Å². The summed E-state index contributed by atoms with van der Waals surface area (Å²) in [4.78, 5) is 4.96.